The van der Waals surface area contributed by atoms with E-state index < -0.39 is 5.97 Å². The van der Waals surface area contributed by atoms with E-state index in [4.69, 9.17) is 9.47 Å². The summed E-state index contributed by atoms with van der Waals surface area (Å²) >= 11 is 0. The molecular weight excluding hydrogens is 334 g/mol. The van der Waals surface area contributed by atoms with E-state index in [0.717, 1.165) is 11.2 Å². The highest BCUT2D eigenvalue weighted by atomic mass is 16.5. The molecule has 1 amide bonds. The molecule has 0 unspecified atom stereocenters. The van der Waals surface area contributed by atoms with Gasteiger partial charge in [-0.15, -0.1) is 0 Å². The molecule has 0 aliphatic heterocycles. The number of ether oxygens (including phenoxy) is 2. The number of aryl methyl sites for hydroxylation is 1. The Balaban J connectivity index is 1.50. The molecule has 2 heterocycles. The monoisotopic (exact) mass is 353 g/mol. The van der Waals surface area contributed by atoms with Crippen molar-refractivity contribution in [3.05, 3.63) is 65.6 Å². The summed E-state index contributed by atoms with van der Waals surface area (Å²) in [6, 6.07) is 10.5. The lowest BCUT2D eigenvalue weighted by Gasteiger charge is -2.06. The first kappa shape index (κ1) is 17.5. The summed E-state index contributed by atoms with van der Waals surface area (Å²) in [5.74, 6) is -0.225. The number of nitrogens with zero attached hydrogens (tertiary/aromatic N) is 2. The van der Waals surface area contributed by atoms with Gasteiger partial charge in [0.2, 0.25) is 0 Å². The highest BCUT2D eigenvalue weighted by Crippen LogP contribution is 2.12. The minimum Gasteiger partial charge on any atom is -0.497 e. The molecule has 0 bridgehead atoms. The number of pyridine rings is 1. The van der Waals surface area contributed by atoms with Crippen LogP contribution in [0.4, 0.5) is 0 Å². The van der Waals surface area contributed by atoms with Gasteiger partial charge < -0.3 is 19.2 Å². The fourth-order valence-corrected chi connectivity index (χ4v) is 2.48. The van der Waals surface area contributed by atoms with Gasteiger partial charge in [-0.3, -0.25) is 9.59 Å². The van der Waals surface area contributed by atoms with Gasteiger partial charge in [0, 0.05) is 18.0 Å². The number of amides is 1. The lowest BCUT2D eigenvalue weighted by Crippen LogP contribution is -2.30. The number of hydrogen-bond donors (Lipinski definition) is 1. The molecule has 7 nitrogen and oxygen atoms in total. The number of carbonyl (C=O) groups is 2. The second kappa shape index (κ2) is 7.69. The standard InChI is InChI=1S/C19H19N3O4/c1-13-4-3-9-22-11-15(21-18(13)22)12-26-17(23)10-20-19(24)14-5-7-16(25-2)8-6-14/h3-9,11H,10,12H2,1-2H3,(H,20,24). The maximum absolute atomic E-state index is 12.0. The quantitative estimate of drug-likeness (QED) is 0.687. The van der Waals surface area contributed by atoms with Crippen LogP contribution in [0.5, 0.6) is 5.75 Å². The average molecular weight is 353 g/mol. The number of nitrogens with one attached hydrogen (secondary N) is 1. The van der Waals surface area contributed by atoms with E-state index in [1.54, 1.807) is 31.4 Å². The minimum atomic E-state index is -0.527. The molecule has 1 N–H and O–H groups in total. The van der Waals surface area contributed by atoms with Crippen molar-refractivity contribution in [3.8, 4) is 5.75 Å². The van der Waals surface area contributed by atoms with Gasteiger partial charge in [-0.25, -0.2) is 4.98 Å². The van der Waals surface area contributed by atoms with E-state index in [9.17, 15) is 9.59 Å². The van der Waals surface area contributed by atoms with Gasteiger partial charge in [-0.1, -0.05) is 6.07 Å². The van der Waals surface area contributed by atoms with Gasteiger partial charge in [0.15, 0.2) is 0 Å². The Labute approximate surface area is 150 Å². The number of carbonyl (C=O) groups excluding carboxylic acids is 2. The van der Waals surface area contributed by atoms with E-state index in [1.165, 1.54) is 0 Å². The zero-order valence-corrected chi connectivity index (χ0v) is 14.6. The van der Waals surface area contributed by atoms with Crippen LogP contribution in [0.3, 0.4) is 0 Å². The zero-order valence-electron chi connectivity index (χ0n) is 14.6. The molecule has 0 spiro atoms. The fraction of sp³-hybridized carbons (Fsp3) is 0.211. The first-order valence-corrected chi connectivity index (χ1v) is 8.08. The first-order chi connectivity index (χ1) is 12.6. The number of aromatic nitrogens is 2. The normalized spacial score (nSPS) is 10.5. The van der Waals surface area contributed by atoms with Crippen molar-refractivity contribution in [3.63, 3.8) is 0 Å². The molecule has 26 heavy (non-hydrogen) atoms. The average Bonchev–Trinajstić information content (AvgIpc) is 3.09. The maximum Gasteiger partial charge on any atom is 0.325 e. The molecule has 0 saturated carbocycles. The van der Waals surface area contributed by atoms with Crippen LogP contribution < -0.4 is 10.1 Å². The Kier molecular flexibility index (Phi) is 5.17. The van der Waals surface area contributed by atoms with E-state index in [0.29, 0.717) is 17.0 Å². The topological polar surface area (TPSA) is 81.9 Å². The van der Waals surface area contributed by atoms with Crippen molar-refractivity contribution in [2.45, 2.75) is 13.5 Å². The molecule has 1 aromatic carbocycles. The number of hydrogen-bond acceptors (Lipinski definition) is 5. The Hall–Kier alpha value is -3.35. The molecule has 134 valence electrons. The number of esters is 1. The Morgan fingerprint density at radius 1 is 1.19 bits per heavy atom. The zero-order chi connectivity index (χ0) is 18.5. The highest BCUT2D eigenvalue weighted by molar-refractivity contribution is 5.96. The van der Waals surface area contributed by atoms with Gasteiger partial charge in [0.1, 0.15) is 24.5 Å². The largest absolute Gasteiger partial charge is 0.497 e. The molecule has 0 aliphatic carbocycles. The third-order valence-corrected chi connectivity index (χ3v) is 3.85. The van der Waals surface area contributed by atoms with Crippen LogP contribution in [0, 0.1) is 6.92 Å². The van der Waals surface area contributed by atoms with Gasteiger partial charge in [0.05, 0.1) is 12.8 Å². The second-order valence-electron chi connectivity index (χ2n) is 5.73. The summed E-state index contributed by atoms with van der Waals surface area (Å²) in [6.07, 6.45) is 3.70. The lowest BCUT2D eigenvalue weighted by molar-refractivity contribution is -0.143. The molecule has 0 radical (unpaired) electrons. The van der Waals surface area contributed by atoms with Gasteiger partial charge >= 0.3 is 5.97 Å². The van der Waals surface area contributed by atoms with Crippen molar-refractivity contribution >= 4 is 17.5 Å². The van der Waals surface area contributed by atoms with Crippen LogP contribution in [0.15, 0.2) is 48.8 Å². The van der Waals surface area contributed by atoms with E-state index in [2.05, 4.69) is 10.3 Å². The smallest absolute Gasteiger partial charge is 0.325 e. The molecule has 0 aliphatic rings. The second-order valence-corrected chi connectivity index (χ2v) is 5.73. The third-order valence-electron chi connectivity index (χ3n) is 3.85. The number of methoxy groups -OCH3 is 1. The SMILES string of the molecule is COc1ccc(C(=O)NCC(=O)OCc2cn3cccc(C)c3n2)cc1. The van der Waals surface area contributed by atoms with Crippen LogP contribution in [0.2, 0.25) is 0 Å². The first-order valence-electron chi connectivity index (χ1n) is 8.08. The summed E-state index contributed by atoms with van der Waals surface area (Å²) in [6.45, 7) is 1.81. The summed E-state index contributed by atoms with van der Waals surface area (Å²) in [4.78, 5) is 28.3. The fourth-order valence-electron chi connectivity index (χ4n) is 2.48. The van der Waals surface area contributed by atoms with Crippen molar-refractivity contribution in [2.24, 2.45) is 0 Å². The molecule has 7 heteroatoms. The Bertz CT molecular complexity index is 932. The maximum atomic E-state index is 12.0. The molecular formula is C19H19N3O4. The van der Waals surface area contributed by atoms with Crippen LogP contribution in [-0.4, -0.2) is 34.9 Å². The van der Waals surface area contributed by atoms with E-state index in [-0.39, 0.29) is 19.1 Å². The van der Waals surface area contributed by atoms with Crippen molar-refractivity contribution in [1.29, 1.82) is 0 Å². The summed E-state index contributed by atoms with van der Waals surface area (Å²) < 4.78 is 12.1. The minimum absolute atomic E-state index is 0.0539. The van der Waals surface area contributed by atoms with Gasteiger partial charge in [-0.2, -0.15) is 0 Å². The number of rotatable bonds is 6. The molecule has 0 fully saturated rings. The number of fused-ring (bicyclic) bond motifs is 1. The lowest BCUT2D eigenvalue weighted by atomic mass is 10.2. The summed E-state index contributed by atoms with van der Waals surface area (Å²) in [5, 5.41) is 2.53. The molecule has 2 aromatic heterocycles. The van der Waals surface area contributed by atoms with Crippen LogP contribution in [-0.2, 0) is 16.1 Å². The number of benzene rings is 1. The summed E-state index contributed by atoms with van der Waals surface area (Å²) in [5.41, 5.74) is 2.95. The Morgan fingerprint density at radius 3 is 2.65 bits per heavy atom. The predicted molar refractivity (Wildman–Crippen MR) is 95.1 cm³/mol. The van der Waals surface area contributed by atoms with Crippen molar-refractivity contribution in [2.75, 3.05) is 13.7 Å². The van der Waals surface area contributed by atoms with Gasteiger partial charge in [-0.05, 0) is 42.8 Å². The molecule has 3 rings (SSSR count). The highest BCUT2D eigenvalue weighted by Gasteiger charge is 2.10. The van der Waals surface area contributed by atoms with Gasteiger partial charge in [0.25, 0.3) is 5.91 Å². The third kappa shape index (κ3) is 4.00. The summed E-state index contributed by atoms with van der Waals surface area (Å²) in [7, 11) is 1.55. The molecule has 0 atom stereocenters. The predicted octanol–water partition coefficient (Wildman–Crippen LogP) is 2.12. The van der Waals surface area contributed by atoms with Crippen LogP contribution in [0.1, 0.15) is 21.6 Å². The Morgan fingerprint density at radius 2 is 1.96 bits per heavy atom. The van der Waals surface area contributed by atoms with Crippen molar-refractivity contribution < 1.29 is 19.1 Å². The van der Waals surface area contributed by atoms with E-state index in [1.807, 2.05) is 35.9 Å². The molecule has 0 saturated heterocycles. The van der Waals surface area contributed by atoms with Crippen LogP contribution in [0.25, 0.3) is 5.65 Å². The number of imidazole rings is 1. The van der Waals surface area contributed by atoms with Crippen molar-refractivity contribution in [1.82, 2.24) is 14.7 Å². The van der Waals surface area contributed by atoms with Crippen LogP contribution >= 0.6 is 0 Å². The molecule has 3 aromatic rings. The van der Waals surface area contributed by atoms with E-state index >= 15 is 0 Å².